The number of hydrogen-bond donors (Lipinski definition) is 2. The molecule has 0 atom stereocenters. The highest BCUT2D eigenvalue weighted by molar-refractivity contribution is 7.99. The third kappa shape index (κ3) is 5.25. The van der Waals surface area contributed by atoms with E-state index in [0.29, 0.717) is 33.8 Å². The number of anilines is 1. The van der Waals surface area contributed by atoms with Crippen LogP contribution in [0.3, 0.4) is 0 Å². The zero-order chi connectivity index (χ0) is 23.1. The Kier molecular flexibility index (Phi) is 7.82. The van der Waals surface area contributed by atoms with Crippen molar-refractivity contribution in [2.24, 2.45) is 0 Å². The van der Waals surface area contributed by atoms with Crippen LogP contribution in [0.25, 0.3) is 11.4 Å². The number of thioether (sulfide) groups is 1. The number of hydrogen-bond acceptors (Lipinski definition) is 8. The monoisotopic (exact) mass is 457 g/mol. The van der Waals surface area contributed by atoms with E-state index in [1.54, 1.807) is 12.1 Å². The van der Waals surface area contributed by atoms with Gasteiger partial charge in [0, 0.05) is 11.3 Å². The molecule has 0 unspecified atom stereocenters. The Labute approximate surface area is 191 Å². The first kappa shape index (κ1) is 23.3. The van der Waals surface area contributed by atoms with Gasteiger partial charge in [-0.3, -0.25) is 4.79 Å². The summed E-state index contributed by atoms with van der Waals surface area (Å²) in [5.74, 6) is 8.00. The molecule has 9 nitrogen and oxygen atoms in total. The van der Waals surface area contributed by atoms with Gasteiger partial charge in [0.2, 0.25) is 16.8 Å². The predicted octanol–water partition coefficient (Wildman–Crippen LogP) is 3.37. The van der Waals surface area contributed by atoms with Crippen molar-refractivity contribution in [2.75, 3.05) is 38.2 Å². The lowest BCUT2D eigenvalue weighted by Gasteiger charge is -2.13. The maximum Gasteiger partial charge on any atom is 0.234 e. The molecule has 3 rings (SSSR count). The number of nitrogens with zero attached hydrogens (tertiary/aromatic N) is 3. The van der Waals surface area contributed by atoms with E-state index in [4.69, 9.17) is 20.1 Å². The van der Waals surface area contributed by atoms with Crippen LogP contribution in [0.1, 0.15) is 18.9 Å². The molecule has 32 heavy (non-hydrogen) atoms. The lowest BCUT2D eigenvalue weighted by Crippen LogP contribution is -2.16. The minimum absolute atomic E-state index is 0.140. The largest absolute Gasteiger partial charge is 0.493 e. The molecule has 10 heteroatoms. The second-order valence-corrected chi connectivity index (χ2v) is 7.82. The second-order valence-electron chi connectivity index (χ2n) is 6.87. The van der Waals surface area contributed by atoms with Crippen molar-refractivity contribution in [1.82, 2.24) is 14.9 Å². The molecule has 0 saturated heterocycles. The molecule has 3 aromatic rings. The molecular formula is C22H27N5O4S. The molecule has 2 aromatic carbocycles. The Bertz CT molecular complexity index is 1040. The smallest absolute Gasteiger partial charge is 0.234 e. The van der Waals surface area contributed by atoms with Crippen molar-refractivity contribution in [2.45, 2.75) is 24.9 Å². The SMILES string of the molecule is CCCc1ccc(NC(=O)CSc2nnc(-c3cc(OC)c(OC)c(OC)c3)n2N)cc1. The maximum atomic E-state index is 12.3. The lowest BCUT2D eigenvalue weighted by molar-refractivity contribution is -0.113. The van der Waals surface area contributed by atoms with Gasteiger partial charge in [0.25, 0.3) is 0 Å². The van der Waals surface area contributed by atoms with Crippen LogP contribution in [-0.4, -0.2) is 47.9 Å². The molecule has 0 saturated carbocycles. The van der Waals surface area contributed by atoms with Gasteiger partial charge in [0.1, 0.15) is 0 Å². The average Bonchev–Trinajstić information content (AvgIpc) is 3.18. The van der Waals surface area contributed by atoms with Gasteiger partial charge < -0.3 is 25.4 Å². The highest BCUT2D eigenvalue weighted by atomic mass is 32.2. The van der Waals surface area contributed by atoms with E-state index >= 15 is 0 Å². The fraction of sp³-hybridized carbons (Fsp3) is 0.318. The van der Waals surface area contributed by atoms with Crippen molar-refractivity contribution in [3.05, 3.63) is 42.0 Å². The van der Waals surface area contributed by atoms with E-state index in [2.05, 4.69) is 22.4 Å². The molecule has 1 aromatic heterocycles. The standard InChI is InChI=1S/C22H27N5O4S/c1-5-6-14-7-9-16(10-8-14)24-19(28)13-32-22-26-25-21(27(22)23)15-11-17(29-2)20(31-4)18(12-15)30-3/h7-12H,5-6,13,23H2,1-4H3,(H,24,28). The minimum atomic E-state index is -0.157. The first-order valence-electron chi connectivity index (χ1n) is 10.0. The van der Waals surface area contributed by atoms with Crippen LogP contribution >= 0.6 is 11.8 Å². The second kappa shape index (κ2) is 10.8. The van der Waals surface area contributed by atoms with Gasteiger partial charge in [-0.2, -0.15) is 0 Å². The number of amides is 1. The van der Waals surface area contributed by atoms with Gasteiger partial charge in [-0.15, -0.1) is 10.2 Å². The topological polar surface area (TPSA) is 114 Å². The van der Waals surface area contributed by atoms with Crippen LogP contribution in [0.2, 0.25) is 0 Å². The highest BCUT2D eigenvalue weighted by Crippen LogP contribution is 2.40. The number of nitrogens with one attached hydrogen (secondary N) is 1. The van der Waals surface area contributed by atoms with Gasteiger partial charge >= 0.3 is 0 Å². The molecule has 170 valence electrons. The zero-order valence-corrected chi connectivity index (χ0v) is 19.4. The molecule has 0 radical (unpaired) electrons. The van der Waals surface area contributed by atoms with Crippen molar-refractivity contribution >= 4 is 23.4 Å². The number of ether oxygens (including phenoxy) is 3. The van der Waals surface area contributed by atoms with E-state index in [-0.39, 0.29) is 11.7 Å². The fourth-order valence-electron chi connectivity index (χ4n) is 3.15. The van der Waals surface area contributed by atoms with E-state index < -0.39 is 0 Å². The number of aryl methyl sites for hydroxylation is 1. The molecule has 0 bridgehead atoms. The van der Waals surface area contributed by atoms with E-state index in [1.165, 1.54) is 43.3 Å². The number of nitrogens with two attached hydrogens (primary N) is 1. The summed E-state index contributed by atoms with van der Waals surface area (Å²) in [4.78, 5) is 12.3. The summed E-state index contributed by atoms with van der Waals surface area (Å²) in [6.07, 6.45) is 2.10. The van der Waals surface area contributed by atoms with Crippen molar-refractivity contribution in [3.63, 3.8) is 0 Å². The fourth-order valence-corrected chi connectivity index (χ4v) is 3.81. The summed E-state index contributed by atoms with van der Waals surface area (Å²) in [5.41, 5.74) is 2.64. The molecule has 0 fully saturated rings. The van der Waals surface area contributed by atoms with Crippen LogP contribution in [0.15, 0.2) is 41.6 Å². The summed E-state index contributed by atoms with van der Waals surface area (Å²) >= 11 is 1.19. The van der Waals surface area contributed by atoms with Crippen LogP contribution in [0, 0.1) is 0 Å². The molecule has 0 aliphatic rings. The summed E-state index contributed by atoms with van der Waals surface area (Å²) in [7, 11) is 4.60. The minimum Gasteiger partial charge on any atom is -0.493 e. The molecule has 1 heterocycles. The van der Waals surface area contributed by atoms with Gasteiger partial charge in [-0.1, -0.05) is 37.2 Å². The lowest BCUT2D eigenvalue weighted by atomic mass is 10.1. The molecule has 1 amide bonds. The van der Waals surface area contributed by atoms with Crippen LogP contribution in [-0.2, 0) is 11.2 Å². The Morgan fingerprint density at radius 1 is 1.06 bits per heavy atom. The molecule has 0 aliphatic carbocycles. The van der Waals surface area contributed by atoms with E-state index in [9.17, 15) is 4.79 Å². The third-order valence-corrected chi connectivity index (χ3v) is 5.64. The van der Waals surface area contributed by atoms with Crippen LogP contribution in [0.4, 0.5) is 5.69 Å². The number of carbonyl (C=O) groups excluding carboxylic acids is 1. The highest BCUT2D eigenvalue weighted by Gasteiger charge is 2.19. The Morgan fingerprint density at radius 3 is 2.28 bits per heavy atom. The first-order chi connectivity index (χ1) is 15.5. The number of aromatic nitrogens is 3. The van der Waals surface area contributed by atoms with E-state index in [1.807, 2.05) is 24.3 Å². The Balaban J connectivity index is 1.69. The number of methoxy groups -OCH3 is 3. The number of benzene rings is 2. The molecular weight excluding hydrogens is 430 g/mol. The number of rotatable bonds is 10. The van der Waals surface area contributed by atoms with Crippen molar-refractivity contribution < 1.29 is 19.0 Å². The van der Waals surface area contributed by atoms with Gasteiger partial charge in [0.05, 0.1) is 27.1 Å². The van der Waals surface area contributed by atoms with Crippen molar-refractivity contribution in [1.29, 1.82) is 0 Å². The maximum absolute atomic E-state index is 12.3. The van der Waals surface area contributed by atoms with Crippen LogP contribution in [0.5, 0.6) is 17.2 Å². The van der Waals surface area contributed by atoms with Crippen molar-refractivity contribution in [3.8, 4) is 28.6 Å². The quantitative estimate of drug-likeness (QED) is 0.352. The normalized spacial score (nSPS) is 10.6. The average molecular weight is 458 g/mol. The Hall–Kier alpha value is -3.40. The summed E-state index contributed by atoms with van der Waals surface area (Å²) in [6.45, 7) is 2.14. The summed E-state index contributed by atoms with van der Waals surface area (Å²) in [5, 5.41) is 11.6. The van der Waals surface area contributed by atoms with Crippen LogP contribution < -0.4 is 25.4 Å². The van der Waals surface area contributed by atoms with Gasteiger partial charge in [-0.25, -0.2) is 4.68 Å². The number of carbonyl (C=O) groups is 1. The third-order valence-electron chi connectivity index (χ3n) is 4.70. The predicted molar refractivity (Wildman–Crippen MR) is 125 cm³/mol. The van der Waals surface area contributed by atoms with Gasteiger partial charge in [0.15, 0.2) is 17.3 Å². The Morgan fingerprint density at radius 2 is 1.72 bits per heavy atom. The zero-order valence-electron chi connectivity index (χ0n) is 18.5. The molecule has 0 spiro atoms. The summed E-state index contributed by atoms with van der Waals surface area (Å²) < 4.78 is 17.4. The van der Waals surface area contributed by atoms with Gasteiger partial charge in [-0.05, 0) is 36.2 Å². The molecule has 0 aliphatic heterocycles. The summed E-state index contributed by atoms with van der Waals surface area (Å²) in [6, 6.07) is 11.3. The number of nitrogen functional groups attached to an aromatic ring is 1. The van der Waals surface area contributed by atoms with E-state index in [0.717, 1.165) is 18.5 Å². The first-order valence-corrected chi connectivity index (χ1v) is 11.0. The molecule has 3 N–H and O–H groups in total.